The first kappa shape index (κ1) is 41.7. The minimum atomic E-state index is -5.34. The van der Waals surface area contributed by atoms with Crippen LogP contribution in [0.1, 0.15) is 6.92 Å². The molecule has 0 aliphatic carbocycles. The fourth-order valence-corrected chi connectivity index (χ4v) is 6.62. The summed E-state index contributed by atoms with van der Waals surface area (Å²) in [5.74, 6) is -4.84. The second-order valence-electron chi connectivity index (χ2n) is 11.0. The van der Waals surface area contributed by atoms with E-state index in [-0.39, 0.29) is 0 Å². The van der Waals surface area contributed by atoms with E-state index in [1.807, 2.05) is 0 Å². The van der Waals surface area contributed by atoms with Crippen molar-refractivity contribution in [2.45, 2.75) is 74.3 Å². The molecule has 0 bridgehead atoms. The summed E-state index contributed by atoms with van der Waals surface area (Å²) in [6, 6.07) is 0. The highest BCUT2D eigenvalue weighted by Crippen LogP contribution is 2.33. The molecule has 0 spiro atoms. The summed E-state index contributed by atoms with van der Waals surface area (Å²) in [6.45, 7) is -2.39. The maximum absolute atomic E-state index is 11.5. The summed E-state index contributed by atoms with van der Waals surface area (Å²) >= 11 is 0. The van der Waals surface area contributed by atoms with Gasteiger partial charge in [0.15, 0.2) is 12.4 Å². The van der Waals surface area contributed by atoms with Gasteiger partial charge in [-0.25, -0.2) is 17.3 Å². The standard InChI is InChI=1S/C22H36O24S3/c1-8-19(45-48(33,34)35)18(26)20(46-49(36,37)38)15(42-8)6-39-3-9-10(22(29)44-14(16(9)24)7-41-47(30,31)32)4-40-5-13-17(25)11(23)2-12(43-13)21(27)28/h2,8-11,13-20,22-26,29H,3-7H2,1H3,(H,27,28)(H,30,31,32)(H,33,34,35)(H,36,37,38). The van der Waals surface area contributed by atoms with Crippen LogP contribution in [0.25, 0.3) is 0 Å². The molecule has 13 atom stereocenters. The van der Waals surface area contributed by atoms with E-state index in [0.29, 0.717) is 0 Å². The maximum Gasteiger partial charge on any atom is 0.397 e. The van der Waals surface area contributed by atoms with E-state index in [9.17, 15) is 60.1 Å². The Morgan fingerprint density at radius 1 is 0.694 bits per heavy atom. The molecule has 0 aromatic rings. The number of rotatable bonds is 16. The van der Waals surface area contributed by atoms with Gasteiger partial charge >= 0.3 is 37.2 Å². The van der Waals surface area contributed by atoms with E-state index >= 15 is 0 Å². The Morgan fingerprint density at radius 3 is 1.80 bits per heavy atom. The minimum absolute atomic E-state index is 0.564. The van der Waals surface area contributed by atoms with Gasteiger partial charge < -0.3 is 54.3 Å². The molecule has 9 N–H and O–H groups in total. The highest BCUT2D eigenvalue weighted by atomic mass is 32.3. The summed E-state index contributed by atoms with van der Waals surface area (Å²) in [4.78, 5) is 11.3. The first-order chi connectivity index (χ1) is 22.5. The normalized spacial score (nSPS) is 37.7. The number of aliphatic carboxylic acids is 1. The fraction of sp³-hybridized carbons (Fsp3) is 0.864. The topological polar surface area (TPSA) is 375 Å². The number of ether oxygens (including phenoxy) is 5. The Bertz CT molecular complexity index is 1480. The largest absolute Gasteiger partial charge is 0.478 e. The van der Waals surface area contributed by atoms with Crippen molar-refractivity contribution in [3.63, 3.8) is 0 Å². The van der Waals surface area contributed by atoms with E-state index in [1.165, 1.54) is 0 Å². The number of aliphatic hydroxyl groups excluding tert-OH is 5. The lowest BCUT2D eigenvalue weighted by molar-refractivity contribution is -0.272. The lowest BCUT2D eigenvalue weighted by Gasteiger charge is -2.44. The Labute approximate surface area is 278 Å². The summed E-state index contributed by atoms with van der Waals surface area (Å²) in [5, 5.41) is 61.5. The molecule has 13 unspecified atom stereocenters. The van der Waals surface area contributed by atoms with Crippen LogP contribution < -0.4 is 0 Å². The molecule has 3 rings (SSSR count). The molecule has 27 heteroatoms. The van der Waals surface area contributed by atoms with Gasteiger partial charge in [-0.2, -0.15) is 25.3 Å². The molecule has 0 saturated carbocycles. The maximum atomic E-state index is 11.5. The monoisotopic (exact) mass is 780 g/mol. The van der Waals surface area contributed by atoms with Crippen LogP contribution in [-0.2, 0) is 72.2 Å². The lowest BCUT2D eigenvalue weighted by atomic mass is 9.83. The number of carboxylic acid groups (broad SMARTS) is 1. The van der Waals surface area contributed by atoms with Gasteiger partial charge in [-0.05, 0) is 13.0 Å². The van der Waals surface area contributed by atoms with E-state index in [4.69, 9.17) is 37.9 Å². The smallest absolute Gasteiger partial charge is 0.397 e. The molecule has 0 amide bonds. The van der Waals surface area contributed by atoms with Gasteiger partial charge in [-0.1, -0.05) is 0 Å². The van der Waals surface area contributed by atoms with Crippen LogP contribution in [0.5, 0.6) is 0 Å². The van der Waals surface area contributed by atoms with E-state index in [2.05, 4.69) is 12.5 Å². The van der Waals surface area contributed by atoms with Crippen LogP contribution in [-0.4, -0.2) is 176 Å². The molecular weight excluding hydrogens is 744 g/mol. The third-order valence-electron chi connectivity index (χ3n) is 7.52. The predicted octanol–water partition coefficient (Wildman–Crippen LogP) is -5.24. The van der Waals surface area contributed by atoms with Gasteiger partial charge in [0.2, 0.25) is 5.76 Å². The molecule has 24 nitrogen and oxygen atoms in total. The number of aliphatic hydroxyl groups is 5. The summed E-state index contributed by atoms with van der Waals surface area (Å²) in [6.07, 6.45) is -18.5. The highest BCUT2D eigenvalue weighted by molar-refractivity contribution is 7.81. The van der Waals surface area contributed by atoms with Crippen molar-refractivity contribution < 1.29 is 111 Å². The molecule has 2 saturated heterocycles. The van der Waals surface area contributed by atoms with Gasteiger partial charge in [-0.15, -0.1) is 0 Å². The number of hydrogen-bond acceptors (Lipinski definition) is 20. The van der Waals surface area contributed by atoms with Gasteiger partial charge in [-0.3, -0.25) is 13.7 Å². The van der Waals surface area contributed by atoms with Crippen LogP contribution in [0.3, 0.4) is 0 Å². The average Bonchev–Trinajstić information content (AvgIpc) is 2.95. The van der Waals surface area contributed by atoms with Crippen LogP contribution >= 0.6 is 0 Å². The molecule has 2 fully saturated rings. The molecule has 0 radical (unpaired) electrons. The molecule has 0 aromatic heterocycles. The lowest BCUT2D eigenvalue weighted by Crippen LogP contribution is -2.60. The van der Waals surface area contributed by atoms with Crippen molar-refractivity contribution in [1.29, 1.82) is 0 Å². The zero-order valence-electron chi connectivity index (χ0n) is 25.0. The third-order valence-corrected chi connectivity index (χ3v) is 8.88. The molecule has 3 aliphatic heterocycles. The van der Waals surface area contributed by atoms with Gasteiger partial charge in [0.25, 0.3) is 0 Å². The van der Waals surface area contributed by atoms with Crippen LogP contribution in [0.2, 0.25) is 0 Å². The fourth-order valence-electron chi connectivity index (χ4n) is 5.24. The SMILES string of the molecule is CC1OC(COCC2C(O)C(COS(=O)(=O)O)OC(O)C2COCC2OC(C(=O)O)=CC(O)C2O)C(OS(=O)(=O)O)C(O)C1OS(=O)(=O)O. The zero-order chi connectivity index (χ0) is 37.1. The van der Waals surface area contributed by atoms with Crippen LogP contribution in [0, 0.1) is 11.8 Å². The molecule has 3 heterocycles. The molecule has 49 heavy (non-hydrogen) atoms. The van der Waals surface area contributed by atoms with Crippen LogP contribution in [0.4, 0.5) is 0 Å². The second-order valence-corrected chi connectivity index (χ2v) is 14.2. The number of carboxylic acids is 1. The molecule has 3 aliphatic rings. The predicted molar refractivity (Wildman–Crippen MR) is 149 cm³/mol. The quantitative estimate of drug-likeness (QED) is 0.0661. The Hall–Kier alpha value is -1.74. The average molecular weight is 781 g/mol. The summed E-state index contributed by atoms with van der Waals surface area (Å²) in [5.41, 5.74) is 0. The molecule has 286 valence electrons. The van der Waals surface area contributed by atoms with Crippen molar-refractivity contribution in [1.82, 2.24) is 0 Å². The van der Waals surface area contributed by atoms with E-state index in [0.717, 1.165) is 13.0 Å². The van der Waals surface area contributed by atoms with Crippen LogP contribution in [0.15, 0.2) is 11.8 Å². The zero-order valence-corrected chi connectivity index (χ0v) is 27.4. The number of hydrogen-bond donors (Lipinski definition) is 9. The van der Waals surface area contributed by atoms with Gasteiger partial charge in [0, 0.05) is 11.8 Å². The van der Waals surface area contributed by atoms with Crippen molar-refractivity contribution >= 4 is 37.2 Å². The van der Waals surface area contributed by atoms with Crippen molar-refractivity contribution in [3.05, 3.63) is 11.8 Å². The van der Waals surface area contributed by atoms with Gasteiger partial charge in [0.05, 0.1) is 45.2 Å². The number of carbonyl (C=O) groups is 1. The van der Waals surface area contributed by atoms with E-state index in [1.54, 1.807) is 0 Å². The van der Waals surface area contributed by atoms with Crippen molar-refractivity contribution in [3.8, 4) is 0 Å². The van der Waals surface area contributed by atoms with Crippen molar-refractivity contribution in [2.24, 2.45) is 11.8 Å². The summed E-state index contributed by atoms with van der Waals surface area (Å²) < 4.78 is 134. The molecular formula is C22H36O24S3. The Kier molecular flexibility index (Phi) is 14.2. The first-order valence-corrected chi connectivity index (χ1v) is 18.0. The molecule has 0 aromatic carbocycles. The third kappa shape index (κ3) is 12.2. The first-order valence-electron chi connectivity index (χ1n) is 13.9. The Balaban J connectivity index is 1.76. The highest BCUT2D eigenvalue weighted by Gasteiger charge is 2.50. The van der Waals surface area contributed by atoms with E-state index < -0.39 is 155 Å². The minimum Gasteiger partial charge on any atom is -0.478 e. The second kappa shape index (κ2) is 16.7. The van der Waals surface area contributed by atoms with Gasteiger partial charge in [0.1, 0.15) is 42.7 Å². The summed E-state index contributed by atoms with van der Waals surface area (Å²) in [7, 11) is -15.6. The van der Waals surface area contributed by atoms with Crippen molar-refractivity contribution in [2.75, 3.05) is 33.0 Å². The Morgan fingerprint density at radius 2 is 1.24 bits per heavy atom.